The minimum Gasteiger partial charge on any atom is -0.652 e. The molecule has 0 aromatic heterocycles. The number of hydrogen-bond donors (Lipinski definition) is 1. The fourth-order valence-corrected chi connectivity index (χ4v) is 0. The molecule has 0 aliphatic carbocycles. The van der Waals surface area contributed by atoms with Crippen LogP contribution in [0.2, 0.25) is 0 Å². The van der Waals surface area contributed by atoms with Crippen LogP contribution < -0.4 is 26.6 Å². The smallest absolute Gasteiger partial charge is 0.652 e. The van der Waals surface area contributed by atoms with Crippen LogP contribution in [0.4, 0.5) is 9.59 Å². The summed E-state index contributed by atoms with van der Waals surface area (Å²) in [6, 6.07) is 0. The molecule has 10 heavy (non-hydrogen) atoms. The van der Waals surface area contributed by atoms with Crippen LogP contribution in [0.3, 0.4) is 0 Å². The Bertz CT molecular complexity index is 73.7. The standard InChI is InChI=1S/2CH2O3.H3N.Pr/c2*2-1(3)4;;/h2*(H2,2,3,4);1H3;/q;;;+3/p-3. The normalized spacial score (nSPS) is 4.80. The molecular weight excluding hydrogens is 275 g/mol. The summed E-state index contributed by atoms with van der Waals surface area (Å²) in [5.41, 5.74) is 0. The van der Waals surface area contributed by atoms with Crippen molar-refractivity contribution in [3.63, 3.8) is 0 Å². The number of carboxylic acid groups (broad SMARTS) is 4. The Morgan fingerprint density at radius 1 is 0.800 bits per heavy atom. The maximum absolute atomic E-state index is 8.33. The van der Waals surface area contributed by atoms with E-state index in [1.54, 1.807) is 0 Å². The molecule has 0 bridgehead atoms. The first-order valence-electron chi connectivity index (χ1n) is 1.22. The van der Waals surface area contributed by atoms with Gasteiger partial charge in [0.2, 0.25) is 0 Å². The molecule has 8 heteroatoms. The zero-order chi connectivity index (χ0) is 7.15. The van der Waals surface area contributed by atoms with Gasteiger partial charge in [0.25, 0.3) is 0 Å². The summed E-state index contributed by atoms with van der Waals surface area (Å²) in [7, 11) is 0. The molecule has 0 rings (SSSR count). The van der Waals surface area contributed by atoms with E-state index in [-0.39, 0.29) is 47.4 Å². The van der Waals surface area contributed by atoms with Crippen LogP contribution in [0.25, 0.3) is 0 Å². The van der Waals surface area contributed by atoms with Crippen molar-refractivity contribution in [1.82, 2.24) is 6.15 Å². The Kier molecular flexibility index (Phi) is 35.9. The first kappa shape index (κ1) is 22.5. The van der Waals surface area contributed by atoms with Crippen molar-refractivity contribution in [2.75, 3.05) is 0 Å². The zero-order valence-electron chi connectivity index (χ0n) is 5.03. The fraction of sp³-hybridized carbons (Fsp3) is 0. The van der Waals surface area contributed by atoms with Gasteiger partial charge < -0.3 is 36.2 Å². The molecule has 0 fully saturated rings. The summed E-state index contributed by atoms with van der Waals surface area (Å²) in [4.78, 5) is 16.7. The van der Waals surface area contributed by atoms with E-state index in [1.165, 1.54) is 0 Å². The minimum absolute atomic E-state index is 0. The Morgan fingerprint density at radius 3 is 0.800 bits per heavy atom. The van der Waals surface area contributed by atoms with E-state index in [9.17, 15) is 0 Å². The van der Waals surface area contributed by atoms with Gasteiger partial charge in [-0.25, -0.2) is 0 Å². The first-order valence-corrected chi connectivity index (χ1v) is 1.22. The number of hydrogen-bond acceptors (Lipinski definition) is 6. The topological polar surface area (TPSA) is 163 Å². The van der Waals surface area contributed by atoms with Gasteiger partial charge in [-0.2, -0.15) is 0 Å². The second-order valence-corrected chi connectivity index (χ2v) is 0.500. The number of rotatable bonds is 0. The summed E-state index contributed by atoms with van der Waals surface area (Å²) in [5.74, 6) is 0. The molecule has 0 amide bonds. The monoisotopic (exact) mass is 279 g/mol. The molecule has 0 saturated heterocycles. The van der Waals surface area contributed by atoms with E-state index in [0.717, 1.165) is 0 Å². The van der Waals surface area contributed by atoms with E-state index in [2.05, 4.69) is 0 Å². The molecular formula is C2H4NO6Pr. The maximum atomic E-state index is 8.33. The first-order chi connectivity index (χ1) is 3.46. The van der Waals surface area contributed by atoms with Gasteiger partial charge in [0, 0.05) is 0 Å². The summed E-state index contributed by atoms with van der Waals surface area (Å²) < 4.78 is 0. The van der Waals surface area contributed by atoms with Gasteiger partial charge in [-0.15, -0.1) is 0 Å². The fourth-order valence-electron chi connectivity index (χ4n) is 0. The molecule has 0 aliphatic rings. The molecule has 0 aromatic carbocycles. The van der Waals surface area contributed by atoms with E-state index in [1.807, 2.05) is 0 Å². The second kappa shape index (κ2) is 15.9. The number of carbonyl (C=O) groups is 2. The minimum atomic E-state index is -2.33. The molecule has 0 radical (unpaired) electrons. The van der Waals surface area contributed by atoms with Gasteiger partial charge in [-0.1, -0.05) is 0 Å². The van der Waals surface area contributed by atoms with E-state index < -0.39 is 12.3 Å². The molecule has 0 spiro atoms. The summed E-state index contributed by atoms with van der Waals surface area (Å²) >= 11 is 0. The van der Waals surface area contributed by atoms with Crippen LogP contribution in [0.15, 0.2) is 0 Å². The van der Waals surface area contributed by atoms with Crippen molar-refractivity contribution < 1.29 is 71.3 Å². The average Bonchev–Trinajstić information content (AvgIpc) is 1.25. The molecule has 7 nitrogen and oxygen atoms in total. The zero-order valence-corrected chi connectivity index (χ0v) is 8.73. The van der Waals surface area contributed by atoms with Crippen LogP contribution in [-0.4, -0.2) is 12.3 Å². The van der Waals surface area contributed by atoms with Gasteiger partial charge in [0.05, 0.1) is 0 Å². The number of carbonyl (C=O) groups excluding carboxylic acids is 2. The van der Waals surface area contributed by atoms with Gasteiger partial charge in [-0.05, 0) is 12.3 Å². The van der Waals surface area contributed by atoms with Crippen LogP contribution in [0.5, 0.6) is 0 Å². The summed E-state index contributed by atoms with van der Waals surface area (Å²) in [6.07, 6.45) is -4.67. The number of quaternary nitrogens is 1. The van der Waals surface area contributed by atoms with Crippen LogP contribution in [0, 0.1) is 41.3 Å². The van der Waals surface area contributed by atoms with Crippen LogP contribution in [-0.2, 0) is 0 Å². The van der Waals surface area contributed by atoms with Gasteiger partial charge in [0.1, 0.15) is 0 Å². The van der Waals surface area contributed by atoms with Crippen molar-refractivity contribution in [2.45, 2.75) is 0 Å². The second-order valence-electron chi connectivity index (χ2n) is 0.500. The quantitative estimate of drug-likeness (QED) is 0.469. The van der Waals surface area contributed by atoms with Gasteiger partial charge in [0.15, 0.2) is 0 Å². The van der Waals surface area contributed by atoms with Gasteiger partial charge >= 0.3 is 41.3 Å². The molecule has 0 aliphatic heterocycles. The average molecular weight is 279 g/mol. The maximum Gasteiger partial charge on any atom is 3.00 e. The molecule has 0 unspecified atom stereocenters. The third kappa shape index (κ3) is 19900. The third-order valence-electron chi connectivity index (χ3n) is 0. The Hall–Kier alpha value is -0.136. The Morgan fingerprint density at radius 2 is 0.800 bits per heavy atom. The van der Waals surface area contributed by atoms with E-state index >= 15 is 0 Å². The molecule has 0 heterocycles. The van der Waals surface area contributed by atoms with Crippen molar-refractivity contribution in [3.8, 4) is 0 Å². The van der Waals surface area contributed by atoms with Crippen LogP contribution in [0.1, 0.15) is 0 Å². The van der Waals surface area contributed by atoms with Crippen molar-refractivity contribution >= 4 is 12.3 Å². The molecule has 0 aromatic rings. The Labute approximate surface area is 89.2 Å². The predicted molar refractivity (Wildman–Crippen MR) is 16.8 cm³/mol. The van der Waals surface area contributed by atoms with Crippen molar-refractivity contribution in [3.05, 3.63) is 0 Å². The molecule has 4 N–H and O–H groups in total. The van der Waals surface area contributed by atoms with Gasteiger partial charge in [-0.3, -0.25) is 0 Å². The summed E-state index contributed by atoms with van der Waals surface area (Å²) in [5, 5.41) is 33.3. The van der Waals surface area contributed by atoms with Crippen LogP contribution >= 0.6 is 0 Å². The summed E-state index contributed by atoms with van der Waals surface area (Å²) in [6.45, 7) is 0. The van der Waals surface area contributed by atoms with Crippen molar-refractivity contribution in [2.24, 2.45) is 0 Å². The predicted octanol–water partition coefficient (Wildman–Crippen LogP) is -4.52. The molecule has 56 valence electrons. The SMILES string of the molecule is O=C([O-])[O-].O=C([O-])[O-].[NH4+].[Pr+3]. The molecule has 0 saturated carbocycles. The largest absolute Gasteiger partial charge is 3.00 e. The van der Waals surface area contributed by atoms with E-state index in [0.29, 0.717) is 0 Å². The third-order valence-corrected chi connectivity index (χ3v) is 0. The van der Waals surface area contributed by atoms with E-state index in [4.69, 9.17) is 30.0 Å². The molecule has 0 atom stereocenters. The van der Waals surface area contributed by atoms with Crippen molar-refractivity contribution in [1.29, 1.82) is 0 Å². The Balaban J connectivity index is -0.0000000300.